The Kier molecular flexibility index (Phi) is 5.22. The predicted molar refractivity (Wildman–Crippen MR) is 80.4 cm³/mol. The first-order valence-corrected chi connectivity index (χ1v) is 7.52. The average molecular weight is 314 g/mol. The molecule has 2 rings (SSSR count). The number of thioether (sulfide) groups is 1. The van der Waals surface area contributed by atoms with Crippen LogP contribution in [0.2, 0.25) is 0 Å². The minimum absolute atomic E-state index is 0.0984. The average Bonchev–Trinajstić information content (AvgIpc) is 2.84. The van der Waals surface area contributed by atoms with Crippen molar-refractivity contribution in [2.45, 2.75) is 36.8 Å². The highest BCUT2D eigenvalue weighted by Gasteiger charge is 2.28. The lowest BCUT2D eigenvalue weighted by Gasteiger charge is -2.08. The SMILES string of the molecule is CCCn1ccc(CNc2ccc(SC(F)(F)F)cc2)c1. The highest BCUT2D eigenvalue weighted by molar-refractivity contribution is 8.00. The van der Waals surface area contributed by atoms with Crippen LogP contribution in [0.15, 0.2) is 47.6 Å². The third-order valence-electron chi connectivity index (χ3n) is 2.88. The molecule has 1 aromatic carbocycles. The third-order valence-corrected chi connectivity index (χ3v) is 3.62. The van der Waals surface area contributed by atoms with E-state index in [1.807, 2.05) is 12.3 Å². The number of hydrogen-bond acceptors (Lipinski definition) is 2. The largest absolute Gasteiger partial charge is 0.446 e. The summed E-state index contributed by atoms with van der Waals surface area (Å²) in [5.41, 5.74) is -2.28. The van der Waals surface area contributed by atoms with Crippen molar-refractivity contribution in [2.24, 2.45) is 0 Å². The van der Waals surface area contributed by atoms with Gasteiger partial charge in [0.05, 0.1) is 0 Å². The molecule has 21 heavy (non-hydrogen) atoms. The van der Waals surface area contributed by atoms with Gasteiger partial charge in [-0.3, -0.25) is 0 Å². The number of anilines is 1. The Balaban J connectivity index is 1.88. The van der Waals surface area contributed by atoms with E-state index in [9.17, 15) is 13.2 Å². The first-order valence-electron chi connectivity index (χ1n) is 6.70. The van der Waals surface area contributed by atoms with Gasteiger partial charge in [-0.2, -0.15) is 13.2 Å². The van der Waals surface area contributed by atoms with Gasteiger partial charge in [-0.1, -0.05) is 6.92 Å². The highest BCUT2D eigenvalue weighted by atomic mass is 32.2. The van der Waals surface area contributed by atoms with Crippen molar-refractivity contribution in [1.82, 2.24) is 4.57 Å². The van der Waals surface area contributed by atoms with Crippen LogP contribution in [-0.4, -0.2) is 10.1 Å². The van der Waals surface area contributed by atoms with E-state index >= 15 is 0 Å². The van der Waals surface area contributed by atoms with E-state index in [1.54, 1.807) is 12.1 Å². The topological polar surface area (TPSA) is 17.0 Å². The molecule has 0 atom stereocenters. The van der Waals surface area contributed by atoms with Gasteiger partial charge in [0.25, 0.3) is 0 Å². The number of aromatic nitrogens is 1. The van der Waals surface area contributed by atoms with Crippen LogP contribution in [0.4, 0.5) is 18.9 Å². The first-order chi connectivity index (χ1) is 9.96. The Morgan fingerprint density at radius 3 is 2.48 bits per heavy atom. The van der Waals surface area contributed by atoms with Gasteiger partial charge >= 0.3 is 5.51 Å². The number of nitrogens with zero attached hydrogens (tertiary/aromatic N) is 1. The molecule has 0 aliphatic rings. The second kappa shape index (κ2) is 6.93. The standard InChI is InChI=1S/C15H17F3N2S/c1-2-8-20-9-7-12(11-20)10-19-13-3-5-14(6-4-13)21-15(16,17)18/h3-7,9,11,19H,2,8,10H2,1H3. The molecule has 0 bridgehead atoms. The number of hydrogen-bond donors (Lipinski definition) is 1. The quantitative estimate of drug-likeness (QED) is 0.745. The summed E-state index contributed by atoms with van der Waals surface area (Å²) in [5, 5.41) is 3.20. The molecular weight excluding hydrogens is 297 g/mol. The summed E-state index contributed by atoms with van der Waals surface area (Å²) in [5.74, 6) is 0. The Bertz CT molecular complexity index is 561. The molecule has 6 heteroatoms. The zero-order chi connectivity index (χ0) is 15.3. The predicted octanol–water partition coefficient (Wildman–Crippen LogP) is 5.12. The number of halogens is 3. The summed E-state index contributed by atoms with van der Waals surface area (Å²) < 4.78 is 38.8. The molecule has 0 saturated heterocycles. The van der Waals surface area contributed by atoms with Crippen molar-refractivity contribution >= 4 is 17.4 Å². The van der Waals surface area contributed by atoms with Crippen LogP contribution in [0.25, 0.3) is 0 Å². The lowest BCUT2D eigenvalue weighted by molar-refractivity contribution is -0.0328. The molecule has 2 nitrogen and oxygen atoms in total. The monoisotopic (exact) mass is 314 g/mol. The molecule has 2 aromatic rings. The maximum atomic E-state index is 12.2. The number of alkyl halides is 3. The van der Waals surface area contributed by atoms with Crippen molar-refractivity contribution in [3.05, 3.63) is 48.3 Å². The summed E-state index contributed by atoms with van der Waals surface area (Å²) in [6.45, 7) is 3.77. The molecule has 1 heterocycles. The number of nitrogens with one attached hydrogen (secondary N) is 1. The van der Waals surface area contributed by atoms with Crippen molar-refractivity contribution < 1.29 is 13.2 Å². The van der Waals surface area contributed by atoms with Gasteiger partial charge in [0, 0.05) is 36.1 Å². The minimum atomic E-state index is -4.24. The normalized spacial score (nSPS) is 11.6. The fourth-order valence-electron chi connectivity index (χ4n) is 1.97. The Hall–Kier alpha value is -1.56. The minimum Gasteiger partial charge on any atom is -0.381 e. The molecule has 0 spiro atoms. The Morgan fingerprint density at radius 2 is 1.86 bits per heavy atom. The van der Waals surface area contributed by atoms with Gasteiger partial charge in [-0.25, -0.2) is 0 Å². The molecule has 1 aromatic heterocycles. The van der Waals surface area contributed by atoms with Crippen molar-refractivity contribution in [1.29, 1.82) is 0 Å². The molecule has 0 saturated carbocycles. The Morgan fingerprint density at radius 1 is 1.14 bits per heavy atom. The fourth-order valence-corrected chi connectivity index (χ4v) is 2.51. The zero-order valence-corrected chi connectivity index (χ0v) is 12.5. The van der Waals surface area contributed by atoms with Crippen molar-refractivity contribution in [3.63, 3.8) is 0 Å². The molecule has 1 N–H and O–H groups in total. The smallest absolute Gasteiger partial charge is 0.381 e. The molecule has 0 unspecified atom stereocenters. The summed E-state index contributed by atoms with van der Waals surface area (Å²) in [6, 6.07) is 8.32. The third kappa shape index (κ3) is 5.38. The molecule has 114 valence electrons. The number of aryl methyl sites for hydroxylation is 1. The van der Waals surface area contributed by atoms with E-state index in [2.05, 4.69) is 23.0 Å². The van der Waals surface area contributed by atoms with E-state index in [4.69, 9.17) is 0 Å². The van der Waals surface area contributed by atoms with Crippen LogP contribution in [0.5, 0.6) is 0 Å². The fraction of sp³-hybridized carbons (Fsp3) is 0.333. The van der Waals surface area contributed by atoms with Crippen LogP contribution in [0.1, 0.15) is 18.9 Å². The van der Waals surface area contributed by atoms with E-state index < -0.39 is 5.51 Å². The molecule has 0 aliphatic heterocycles. The van der Waals surface area contributed by atoms with E-state index in [1.165, 1.54) is 12.1 Å². The van der Waals surface area contributed by atoms with Gasteiger partial charge in [0.2, 0.25) is 0 Å². The summed E-state index contributed by atoms with van der Waals surface area (Å²) in [6.07, 6.45) is 5.19. The van der Waals surface area contributed by atoms with Crippen LogP contribution >= 0.6 is 11.8 Å². The molecular formula is C15H17F3N2S. The van der Waals surface area contributed by atoms with Crippen LogP contribution < -0.4 is 5.32 Å². The number of rotatable bonds is 6. The van der Waals surface area contributed by atoms with E-state index in [-0.39, 0.29) is 16.7 Å². The number of benzene rings is 1. The van der Waals surface area contributed by atoms with E-state index in [0.29, 0.717) is 6.54 Å². The summed E-state index contributed by atoms with van der Waals surface area (Å²) >= 11 is -0.0984. The van der Waals surface area contributed by atoms with Gasteiger partial charge < -0.3 is 9.88 Å². The van der Waals surface area contributed by atoms with Crippen LogP contribution in [0, 0.1) is 0 Å². The van der Waals surface area contributed by atoms with Gasteiger partial charge in [0.1, 0.15) is 0 Å². The second-order valence-electron chi connectivity index (χ2n) is 4.68. The van der Waals surface area contributed by atoms with Gasteiger partial charge in [0.15, 0.2) is 0 Å². The molecule has 0 aliphatic carbocycles. The van der Waals surface area contributed by atoms with Gasteiger partial charge in [-0.05, 0) is 54.1 Å². The second-order valence-corrected chi connectivity index (χ2v) is 5.82. The first kappa shape index (κ1) is 15.8. The van der Waals surface area contributed by atoms with Crippen LogP contribution in [-0.2, 0) is 13.1 Å². The molecule has 0 fully saturated rings. The van der Waals surface area contributed by atoms with Gasteiger partial charge in [-0.15, -0.1) is 0 Å². The lowest BCUT2D eigenvalue weighted by Crippen LogP contribution is -2.00. The maximum Gasteiger partial charge on any atom is 0.446 e. The summed E-state index contributed by atoms with van der Waals surface area (Å²) in [7, 11) is 0. The molecule has 0 radical (unpaired) electrons. The van der Waals surface area contributed by atoms with E-state index in [0.717, 1.165) is 24.2 Å². The maximum absolute atomic E-state index is 12.2. The van der Waals surface area contributed by atoms with Crippen molar-refractivity contribution in [3.8, 4) is 0 Å². The molecule has 0 amide bonds. The zero-order valence-electron chi connectivity index (χ0n) is 11.7. The van der Waals surface area contributed by atoms with Crippen molar-refractivity contribution in [2.75, 3.05) is 5.32 Å². The lowest BCUT2D eigenvalue weighted by atomic mass is 10.3. The van der Waals surface area contributed by atoms with Crippen LogP contribution in [0.3, 0.4) is 0 Å². The summed E-state index contributed by atoms with van der Waals surface area (Å²) in [4.78, 5) is 0.196. The Labute approximate surface area is 126 Å². The highest BCUT2D eigenvalue weighted by Crippen LogP contribution is 2.37.